The molecule has 1 aromatic carbocycles. The molecule has 9 nitrogen and oxygen atoms in total. The number of piperidine rings is 1. The van der Waals surface area contributed by atoms with Gasteiger partial charge in [-0.15, -0.1) is 0 Å². The van der Waals surface area contributed by atoms with Crippen LogP contribution in [0.2, 0.25) is 0 Å². The van der Waals surface area contributed by atoms with Crippen molar-refractivity contribution in [3.05, 3.63) is 47.2 Å². The van der Waals surface area contributed by atoms with E-state index in [1.165, 1.54) is 12.8 Å². The second kappa shape index (κ2) is 9.81. The van der Waals surface area contributed by atoms with Gasteiger partial charge in [-0.1, -0.05) is 0 Å². The maximum atomic E-state index is 12.6. The molecule has 4 heterocycles. The fourth-order valence-electron chi connectivity index (χ4n) is 5.24. The summed E-state index contributed by atoms with van der Waals surface area (Å²) in [5.41, 5.74) is 1.51. The van der Waals surface area contributed by atoms with Gasteiger partial charge >= 0.3 is 0 Å². The number of rotatable bonds is 4. The van der Waals surface area contributed by atoms with Gasteiger partial charge in [-0.2, -0.15) is 0 Å². The summed E-state index contributed by atoms with van der Waals surface area (Å²) in [6, 6.07) is 4.97. The molecule has 2 saturated heterocycles. The first-order valence-electron chi connectivity index (χ1n) is 12.4. The van der Waals surface area contributed by atoms with Crippen LogP contribution in [-0.2, 0) is 16.1 Å². The molecule has 9 heteroatoms. The van der Waals surface area contributed by atoms with Crippen LogP contribution in [-0.4, -0.2) is 64.8 Å². The number of likely N-dealkylation sites (N-methyl/N-ethyl adjacent to an activating group) is 1. The highest BCUT2D eigenvalue weighted by molar-refractivity contribution is 6.05. The molecule has 0 bridgehead atoms. The number of ether oxygens (including phenoxy) is 1. The van der Waals surface area contributed by atoms with Crippen molar-refractivity contribution in [1.29, 1.82) is 0 Å². The third-order valence-electron chi connectivity index (χ3n) is 7.15. The maximum absolute atomic E-state index is 12.6. The van der Waals surface area contributed by atoms with Gasteiger partial charge in [0.25, 0.3) is 5.91 Å². The summed E-state index contributed by atoms with van der Waals surface area (Å²) < 4.78 is 11.4. The molecule has 3 amide bonds. The van der Waals surface area contributed by atoms with Gasteiger partial charge in [-0.25, -0.2) is 4.98 Å². The number of aromatic nitrogens is 1. The minimum absolute atomic E-state index is 0.146. The van der Waals surface area contributed by atoms with E-state index >= 15 is 0 Å². The Morgan fingerprint density at radius 1 is 1.11 bits per heavy atom. The van der Waals surface area contributed by atoms with Crippen LogP contribution in [0.25, 0.3) is 0 Å². The van der Waals surface area contributed by atoms with Crippen molar-refractivity contribution in [3.63, 3.8) is 0 Å². The first-order valence-corrected chi connectivity index (χ1v) is 12.4. The fourth-order valence-corrected chi connectivity index (χ4v) is 5.24. The SMILES string of the molecule is Cc1cnc(C2CN(C)C2)o1.O=C1CCC(N2Cc3cc(OC4CCCC4)ccc3C2=O)C(=O)N1. The third-order valence-corrected chi connectivity index (χ3v) is 7.15. The fraction of sp³-hybridized carbons (Fsp3) is 0.538. The highest BCUT2D eigenvalue weighted by Gasteiger charge is 2.39. The number of hydrogen-bond donors (Lipinski definition) is 1. The summed E-state index contributed by atoms with van der Waals surface area (Å²) in [5, 5.41) is 2.32. The van der Waals surface area contributed by atoms with Crippen LogP contribution < -0.4 is 10.1 Å². The van der Waals surface area contributed by atoms with Gasteiger partial charge in [0.2, 0.25) is 11.8 Å². The highest BCUT2D eigenvalue weighted by Crippen LogP contribution is 2.32. The van der Waals surface area contributed by atoms with Crippen molar-refractivity contribution in [2.24, 2.45) is 0 Å². The number of nitrogens with one attached hydrogen (secondary N) is 1. The first-order chi connectivity index (χ1) is 16.9. The third kappa shape index (κ3) is 5.10. The Labute approximate surface area is 204 Å². The number of oxazole rings is 1. The van der Waals surface area contributed by atoms with E-state index in [0.717, 1.165) is 48.9 Å². The van der Waals surface area contributed by atoms with E-state index in [9.17, 15) is 14.4 Å². The number of benzene rings is 1. The average molecular weight is 481 g/mol. The molecule has 35 heavy (non-hydrogen) atoms. The van der Waals surface area contributed by atoms with E-state index in [1.54, 1.807) is 17.2 Å². The summed E-state index contributed by atoms with van der Waals surface area (Å²) >= 11 is 0. The summed E-state index contributed by atoms with van der Waals surface area (Å²) in [6.07, 6.45) is 7.29. The Balaban J connectivity index is 0.000000192. The number of imide groups is 1. The van der Waals surface area contributed by atoms with Crippen molar-refractivity contribution < 1.29 is 23.5 Å². The Morgan fingerprint density at radius 3 is 2.54 bits per heavy atom. The predicted octanol–water partition coefficient (Wildman–Crippen LogP) is 2.78. The normalized spacial score (nSPS) is 23.0. The second-order valence-electron chi connectivity index (χ2n) is 9.97. The van der Waals surface area contributed by atoms with Gasteiger partial charge in [0, 0.05) is 31.6 Å². The molecule has 1 atom stereocenters. The zero-order valence-corrected chi connectivity index (χ0v) is 20.3. The molecule has 1 saturated carbocycles. The molecule has 1 N–H and O–H groups in total. The number of hydrogen-bond acceptors (Lipinski definition) is 7. The van der Waals surface area contributed by atoms with E-state index < -0.39 is 6.04 Å². The van der Waals surface area contributed by atoms with E-state index in [2.05, 4.69) is 22.2 Å². The number of amides is 3. The van der Waals surface area contributed by atoms with Crippen LogP contribution in [0.3, 0.4) is 0 Å². The molecule has 0 radical (unpaired) electrons. The molecule has 1 aliphatic carbocycles. The summed E-state index contributed by atoms with van der Waals surface area (Å²) in [5.74, 6) is 2.34. The largest absolute Gasteiger partial charge is 0.490 e. The van der Waals surface area contributed by atoms with Crippen LogP contribution in [0, 0.1) is 6.92 Å². The molecule has 3 aliphatic heterocycles. The van der Waals surface area contributed by atoms with Gasteiger partial charge < -0.3 is 19.0 Å². The Bertz CT molecular complexity index is 1120. The monoisotopic (exact) mass is 480 g/mol. The van der Waals surface area contributed by atoms with Crippen LogP contribution in [0.15, 0.2) is 28.8 Å². The number of nitrogens with zero attached hydrogens (tertiary/aromatic N) is 3. The van der Waals surface area contributed by atoms with E-state index in [1.807, 2.05) is 19.1 Å². The summed E-state index contributed by atoms with van der Waals surface area (Å²) in [6.45, 7) is 4.49. The molecular weight excluding hydrogens is 448 g/mol. The molecule has 1 unspecified atom stereocenters. The Hall–Kier alpha value is -3.20. The molecular formula is C26H32N4O5. The molecule has 1 aromatic heterocycles. The van der Waals surface area contributed by atoms with Crippen molar-refractivity contribution in [3.8, 4) is 5.75 Å². The standard InChI is InChI=1S/C18H20N2O4.C8H12N2O/c21-16-8-7-15(17(22)19-16)20-10-11-9-13(5-6-14(11)18(20)23)24-12-3-1-2-4-12;1-6-3-9-8(11-6)7-4-10(2)5-7/h5-6,9,12,15H,1-4,7-8,10H2,(H,19,21,22);3,7H,4-5H2,1-2H3. The molecule has 4 aliphatic rings. The van der Waals surface area contributed by atoms with Gasteiger partial charge in [0.05, 0.1) is 18.2 Å². The average Bonchev–Trinajstić information content (AvgIpc) is 3.54. The molecule has 0 spiro atoms. The van der Waals surface area contributed by atoms with Gasteiger partial charge in [0.1, 0.15) is 17.6 Å². The molecule has 3 fully saturated rings. The lowest BCUT2D eigenvalue weighted by atomic mass is 10.0. The smallest absolute Gasteiger partial charge is 0.255 e. The Morgan fingerprint density at radius 2 is 1.89 bits per heavy atom. The number of carbonyl (C=O) groups excluding carboxylic acids is 3. The Kier molecular flexibility index (Phi) is 6.60. The van der Waals surface area contributed by atoms with Crippen LogP contribution in [0.1, 0.15) is 72.0 Å². The predicted molar refractivity (Wildman–Crippen MR) is 127 cm³/mol. The molecule has 6 rings (SSSR count). The molecule has 2 aromatic rings. The van der Waals surface area contributed by atoms with Crippen LogP contribution >= 0.6 is 0 Å². The zero-order valence-electron chi connectivity index (χ0n) is 20.3. The lowest BCUT2D eigenvalue weighted by molar-refractivity contribution is -0.136. The minimum Gasteiger partial charge on any atom is -0.490 e. The number of carbonyl (C=O) groups is 3. The number of likely N-dealkylation sites (tertiary alicyclic amines) is 1. The number of aryl methyl sites for hydroxylation is 1. The van der Waals surface area contributed by atoms with E-state index in [-0.39, 0.29) is 30.2 Å². The number of fused-ring (bicyclic) bond motifs is 1. The summed E-state index contributed by atoms with van der Waals surface area (Å²) in [7, 11) is 2.10. The van der Waals surface area contributed by atoms with E-state index in [0.29, 0.717) is 24.4 Å². The lowest BCUT2D eigenvalue weighted by Gasteiger charge is -2.33. The summed E-state index contributed by atoms with van der Waals surface area (Å²) in [4.78, 5) is 43.9. The van der Waals surface area contributed by atoms with Gasteiger partial charge in [0.15, 0.2) is 5.89 Å². The maximum Gasteiger partial charge on any atom is 0.255 e. The van der Waals surface area contributed by atoms with E-state index in [4.69, 9.17) is 9.15 Å². The van der Waals surface area contributed by atoms with Gasteiger partial charge in [-0.05, 0) is 69.8 Å². The van der Waals surface area contributed by atoms with Crippen molar-refractivity contribution >= 4 is 17.7 Å². The zero-order chi connectivity index (χ0) is 24.5. The van der Waals surface area contributed by atoms with Crippen molar-refractivity contribution in [1.82, 2.24) is 20.1 Å². The van der Waals surface area contributed by atoms with Crippen LogP contribution in [0.4, 0.5) is 0 Å². The quantitative estimate of drug-likeness (QED) is 0.671. The van der Waals surface area contributed by atoms with Gasteiger partial charge in [-0.3, -0.25) is 19.7 Å². The molecule has 186 valence electrons. The highest BCUT2D eigenvalue weighted by atomic mass is 16.5. The minimum atomic E-state index is -0.568. The van der Waals surface area contributed by atoms with Crippen LogP contribution in [0.5, 0.6) is 5.75 Å². The lowest BCUT2D eigenvalue weighted by Crippen LogP contribution is -2.52. The van der Waals surface area contributed by atoms with Crippen molar-refractivity contribution in [2.45, 2.75) is 70.1 Å². The second-order valence-corrected chi connectivity index (χ2v) is 9.97. The van der Waals surface area contributed by atoms with Crippen molar-refractivity contribution in [2.75, 3.05) is 20.1 Å². The first kappa shape index (κ1) is 23.5. The topological polar surface area (TPSA) is 105 Å².